The van der Waals surface area contributed by atoms with E-state index in [0.717, 1.165) is 38.1 Å². The average molecular weight is 497 g/mol. The number of hydrogen-bond donors (Lipinski definition) is 1. The van der Waals surface area contributed by atoms with Crippen LogP contribution in [0.5, 0.6) is 11.5 Å². The van der Waals surface area contributed by atoms with Gasteiger partial charge >= 0.3 is 5.97 Å². The van der Waals surface area contributed by atoms with E-state index in [9.17, 15) is 10.1 Å². The van der Waals surface area contributed by atoms with Gasteiger partial charge in [0.25, 0.3) is 0 Å². The fourth-order valence-electron chi connectivity index (χ4n) is 4.46. The Labute approximate surface area is 213 Å². The summed E-state index contributed by atoms with van der Waals surface area (Å²) in [7, 11) is 0. The minimum atomic E-state index is -0.597. The first-order chi connectivity index (χ1) is 17.3. The summed E-state index contributed by atoms with van der Waals surface area (Å²) in [5.41, 5.74) is 11.7. The fraction of sp³-hybridized carbons (Fsp3) is 0.172. The molecule has 0 saturated heterocycles. The highest BCUT2D eigenvalue weighted by atomic mass is 32.2. The van der Waals surface area contributed by atoms with Gasteiger partial charge in [-0.2, -0.15) is 5.26 Å². The third-order valence-electron chi connectivity index (χ3n) is 6.59. The number of carbonyl (C=O) groups is 1. The Bertz CT molecular complexity index is 1590. The molecule has 0 spiro atoms. The predicted octanol–water partition coefficient (Wildman–Crippen LogP) is 6.52. The Morgan fingerprint density at radius 1 is 1.06 bits per heavy atom. The molecule has 1 atom stereocenters. The number of aryl methyl sites for hydroxylation is 3. The van der Waals surface area contributed by atoms with E-state index in [1.807, 2.05) is 63.4 Å². The van der Waals surface area contributed by atoms with Crippen LogP contribution in [0, 0.1) is 32.1 Å². The molecule has 3 aromatic carbocycles. The van der Waals surface area contributed by atoms with Crippen LogP contribution in [0.3, 0.4) is 0 Å². The molecule has 36 heavy (non-hydrogen) atoms. The average Bonchev–Trinajstić information content (AvgIpc) is 3.18. The first kappa shape index (κ1) is 23.6. The first-order valence-electron chi connectivity index (χ1n) is 11.4. The standard InChI is InChI=1S/C29H24N2O4S/c1-15-11-22-17(3)27(34-24(22)12-16(15)2)29(32)33-19-7-10-21-25(13-19)35-28(31)23(14-30)26(21)18-5-8-20(36-4)9-6-18/h5-13,26H,31H2,1-4H3. The Hall–Kier alpha value is -4.15. The van der Waals surface area contributed by atoms with Crippen LogP contribution in [-0.2, 0) is 0 Å². The number of rotatable bonds is 4. The number of esters is 1. The predicted molar refractivity (Wildman–Crippen MR) is 139 cm³/mol. The molecule has 0 fully saturated rings. The van der Waals surface area contributed by atoms with Crippen LogP contribution >= 0.6 is 11.8 Å². The number of ether oxygens (including phenoxy) is 2. The highest BCUT2D eigenvalue weighted by Crippen LogP contribution is 2.43. The second kappa shape index (κ2) is 9.14. The van der Waals surface area contributed by atoms with Gasteiger partial charge in [0.2, 0.25) is 11.6 Å². The second-order valence-corrected chi connectivity index (χ2v) is 9.66. The SMILES string of the molecule is CSc1ccc(C2C(C#N)=C(N)Oc3cc(OC(=O)c4oc5cc(C)c(C)cc5c4C)ccc32)cc1. The topological polar surface area (TPSA) is 98.5 Å². The molecular formula is C29H24N2O4S. The lowest BCUT2D eigenvalue weighted by Crippen LogP contribution is -2.21. The van der Waals surface area contributed by atoms with Crippen molar-refractivity contribution in [3.8, 4) is 17.6 Å². The van der Waals surface area contributed by atoms with Crippen molar-refractivity contribution in [3.63, 3.8) is 0 Å². The summed E-state index contributed by atoms with van der Waals surface area (Å²) in [5.74, 6) is -0.0689. The van der Waals surface area contributed by atoms with Crippen LogP contribution < -0.4 is 15.2 Å². The summed E-state index contributed by atoms with van der Waals surface area (Å²) in [6.45, 7) is 5.86. The minimum Gasteiger partial charge on any atom is -0.449 e. The summed E-state index contributed by atoms with van der Waals surface area (Å²) in [4.78, 5) is 14.1. The molecule has 1 aromatic heterocycles. The number of carbonyl (C=O) groups excluding carboxylic acids is 1. The maximum atomic E-state index is 13.0. The van der Waals surface area contributed by atoms with E-state index in [4.69, 9.17) is 19.6 Å². The molecule has 1 aliphatic rings. The van der Waals surface area contributed by atoms with E-state index in [1.54, 1.807) is 30.0 Å². The first-order valence-corrected chi connectivity index (χ1v) is 12.6. The van der Waals surface area contributed by atoms with Gasteiger partial charge in [0, 0.05) is 27.5 Å². The van der Waals surface area contributed by atoms with Gasteiger partial charge in [-0.3, -0.25) is 0 Å². The summed E-state index contributed by atoms with van der Waals surface area (Å²) in [5, 5.41) is 10.7. The Balaban J connectivity index is 1.48. The van der Waals surface area contributed by atoms with Crippen LogP contribution in [0.15, 0.2) is 75.4 Å². The van der Waals surface area contributed by atoms with Crippen molar-refractivity contribution in [1.82, 2.24) is 0 Å². The van der Waals surface area contributed by atoms with Crippen molar-refractivity contribution in [2.24, 2.45) is 5.73 Å². The van der Waals surface area contributed by atoms with Crippen molar-refractivity contribution >= 4 is 28.7 Å². The highest BCUT2D eigenvalue weighted by molar-refractivity contribution is 7.98. The third kappa shape index (κ3) is 4.00. The number of nitrogens with zero attached hydrogens (tertiary/aromatic N) is 1. The zero-order valence-corrected chi connectivity index (χ0v) is 21.2. The van der Waals surface area contributed by atoms with Crippen molar-refractivity contribution in [2.75, 3.05) is 6.26 Å². The number of nitrogens with two attached hydrogens (primary N) is 1. The molecule has 180 valence electrons. The number of allylic oxidation sites excluding steroid dienone is 1. The quantitative estimate of drug-likeness (QED) is 0.195. The Morgan fingerprint density at radius 2 is 1.78 bits per heavy atom. The number of furan rings is 1. The smallest absolute Gasteiger partial charge is 0.379 e. The largest absolute Gasteiger partial charge is 0.449 e. The van der Waals surface area contributed by atoms with Gasteiger partial charge in [0.1, 0.15) is 28.7 Å². The Kier molecular flexibility index (Phi) is 5.99. The molecule has 7 heteroatoms. The number of fused-ring (bicyclic) bond motifs is 2. The van der Waals surface area contributed by atoms with Crippen molar-refractivity contribution in [3.05, 3.63) is 99.6 Å². The molecule has 2 heterocycles. The normalized spacial score (nSPS) is 14.8. The van der Waals surface area contributed by atoms with Gasteiger partial charge < -0.3 is 19.6 Å². The maximum absolute atomic E-state index is 13.0. The Morgan fingerprint density at radius 3 is 2.47 bits per heavy atom. The molecule has 2 N–H and O–H groups in total. The lowest BCUT2D eigenvalue weighted by molar-refractivity contribution is 0.0702. The van der Waals surface area contributed by atoms with Crippen LogP contribution in [0.25, 0.3) is 11.0 Å². The molecule has 0 amide bonds. The van der Waals surface area contributed by atoms with Gasteiger partial charge in [-0.05, 0) is 74.0 Å². The molecule has 0 bridgehead atoms. The maximum Gasteiger partial charge on any atom is 0.379 e. The van der Waals surface area contributed by atoms with Crippen molar-refractivity contribution in [2.45, 2.75) is 31.6 Å². The number of thioether (sulfide) groups is 1. The van der Waals surface area contributed by atoms with Gasteiger partial charge in [-0.25, -0.2) is 4.79 Å². The van der Waals surface area contributed by atoms with E-state index >= 15 is 0 Å². The molecule has 1 unspecified atom stereocenters. The van der Waals surface area contributed by atoms with Crippen LogP contribution in [-0.4, -0.2) is 12.2 Å². The number of hydrogen-bond acceptors (Lipinski definition) is 7. The molecule has 6 nitrogen and oxygen atoms in total. The van der Waals surface area contributed by atoms with E-state index in [0.29, 0.717) is 16.9 Å². The molecule has 4 aromatic rings. The highest BCUT2D eigenvalue weighted by Gasteiger charge is 2.31. The summed E-state index contributed by atoms with van der Waals surface area (Å²) < 4.78 is 17.3. The van der Waals surface area contributed by atoms with E-state index < -0.39 is 5.97 Å². The third-order valence-corrected chi connectivity index (χ3v) is 7.33. The second-order valence-electron chi connectivity index (χ2n) is 8.78. The van der Waals surface area contributed by atoms with Gasteiger partial charge in [-0.15, -0.1) is 11.8 Å². The zero-order valence-electron chi connectivity index (χ0n) is 20.3. The van der Waals surface area contributed by atoms with Gasteiger partial charge in [-0.1, -0.05) is 18.2 Å². The summed E-state index contributed by atoms with van der Waals surface area (Å²) in [6.07, 6.45) is 2.01. The molecular weight excluding hydrogens is 472 g/mol. The molecule has 0 aliphatic carbocycles. The molecule has 0 radical (unpaired) electrons. The zero-order chi connectivity index (χ0) is 25.6. The lowest BCUT2D eigenvalue weighted by Gasteiger charge is -2.26. The van der Waals surface area contributed by atoms with E-state index in [2.05, 4.69) is 6.07 Å². The van der Waals surface area contributed by atoms with E-state index in [1.165, 1.54) is 0 Å². The lowest BCUT2D eigenvalue weighted by atomic mass is 9.83. The van der Waals surface area contributed by atoms with Crippen LogP contribution in [0.4, 0.5) is 0 Å². The summed E-state index contributed by atoms with van der Waals surface area (Å²) in [6, 6.07) is 19.2. The van der Waals surface area contributed by atoms with Crippen LogP contribution in [0.1, 0.15) is 44.3 Å². The van der Waals surface area contributed by atoms with Crippen molar-refractivity contribution in [1.29, 1.82) is 5.26 Å². The monoisotopic (exact) mass is 496 g/mol. The van der Waals surface area contributed by atoms with Crippen molar-refractivity contribution < 1.29 is 18.7 Å². The molecule has 5 rings (SSSR count). The number of benzene rings is 3. The minimum absolute atomic E-state index is 0.0336. The molecule has 0 saturated carbocycles. The van der Waals surface area contributed by atoms with Crippen LogP contribution in [0.2, 0.25) is 0 Å². The summed E-state index contributed by atoms with van der Waals surface area (Å²) >= 11 is 1.64. The number of nitriles is 1. The molecule has 1 aliphatic heterocycles. The fourth-order valence-corrected chi connectivity index (χ4v) is 4.87. The van der Waals surface area contributed by atoms with Gasteiger partial charge in [0.05, 0.1) is 5.92 Å². The van der Waals surface area contributed by atoms with Gasteiger partial charge in [0.15, 0.2) is 0 Å². The van der Waals surface area contributed by atoms with E-state index in [-0.39, 0.29) is 23.3 Å².